The number of aryl methyl sites for hydroxylation is 2. The van der Waals surface area contributed by atoms with Crippen LogP contribution in [0.2, 0.25) is 0 Å². The summed E-state index contributed by atoms with van der Waals surface area (Å²) < 4.78 is 1.05. The van der Waals surface area contributed by atoms with Crippen molar-refractivity contribution in [3.8, 4) is 0 Å². The lowest BCUT2D eigenvalue weighted by atomic mass is 10.1. The van der Waals surface area contributed by atoms with Gasteiger partial charge >= 0.3 is 0 Å². The molecule has 0 aliphatic rings. The van der Waals surface area contributed by atoms with Crippen LogP contribution in [-0.4, -0.2) is 15.9 Å². The van der Waals surface area contributed by atoms with Gasteiger partial charge in [-0.25, -0.2) is 4.98 Å². The number of benzene rings is 2. The van der Waals surface area contributed by atoms with E-state index >= 15 is 0 Å². The van der Waals surface area contributed by atoms with Crippen molar-refractivity contribution >= 4 is 38.3 Å². The van der Waals surface area contributed by atoms with Gasteiger partial charge in [-0.3, -0.25) is 14.7 Å². The molecule has 0 aliphatic heterocycles. The molecular formula is C22H19N3OS. The van der Waals surface area contributed by atoms with Crippen LogP contribution in [-0.2, 0) is 6.42 Å². The van der Waals surface area contributed by atoms with Gasteiger partial charge in [-0.15, -0.1) is 0 Å². The number of anilines is 2. The topological polar surface area (TPSA) is 46.1 Å². The zero-order valence-electron chi connectivity index (χ0n) is 15.2. The Labute approximate surface area is 162 Å². The fraction of sp³-hybridized carbons (Fsp3) is 0.136. The molecule has 4 rings (SSSR count). The van der Waals surface area contributed by atoms with Crippen LogP contribution in [0.5, 0.6) is 0 Å². The van der Waals surface area contributed by atoms with Crippen LogP contribution in [0.15, 0.2) is 66.9 Å². The Hall–Kier alpha value is -3.05. The highest BCUT2D eigenvalue weighted by molar-refractivity contribution is 7.22. The molecule has 0 N–H and O–H groups in total. The van der Waals surface area contributed by atoms with Crippen LogP contribution >= 0.6 is 11.3 Å². The summed E-state index contributed by atoms with van der Waals surface area (Å²) in [4.78, 5) is 24.0. The van der Waals surface area contributed by atoms with E-state index in [1.165, 1.54) is 16.9 Å². The van der Waals surface area contributed by atoms with Crippen molar-refractivity contribution in [3.63, 3.8) is 0 Å². The second-order valence-corrected chi connectivity index (χ2v) is 7.32. The van der Waals surface area contributed by atoms with Crippen LogP contribution in [0.1, 0.15) is 28.5 Å². The molecule has 2 aromatic heterocycles. The lowest BCUT2D eigenvalue weighted by Crippen LogP contribution is -2.26. The molecule has 0 aliphatic carbocycles. The number of carbonyl (C=O) groups is 1. The van der Waals surface area contributed by atoms with Crippen molar-refractivity contribution in [3.05, 3.63) is 83.7 Å². The van der Waals surface area contributed by atoms with Crippen LogP contribution in [0.4, 0.5) is 10.8 Å². The van der Waals surface area contributed by atoms with Crippen molar-refractivity contribution < 1.29 is 4.79 Å². The van der Waals surface area contributed by atoms with Gasteiger partial charge < -0.3 is 0 Å². The van der Waals surface area contributed by atoms with Gasteiger partial charge in [0.1, 0.15) is 0 Å². The number of amides is 1. The molecule has 0 saturated heterocycles. The highest BCUT2D eigenvalue weighted by atomic mass is 32.1. The maximum absolute atomic E-state index is 13.3. The number of para-hydroxylation sites is 1. The van der Waals surface area contributed by atoms with Gasteiger partial charge in [-0.2, -0.15) is 0 Å². The first-order chi connectivity index (χ1) is 13.2. The Morgan fingerprint density at radius 2 is 1.81 bits per heavy atom. The minimum Gasteiger partial charge on any atom is -0.268 e. The highest BCUT2D eigenvalue weighted by Crippen LogP contribution is 2.34. The Kier molecular flexibility index (Phi) is 4.69. The second kappa shape index (κ2) is 7.29. The van der Waals surface area contributed by atoms with Crippen LogP contribution in [0.25, 0.3) is 10.2 Å². The number of nitrogens with zero attached hydrogens (tertiary/aromatic N) is 3. The summed E-state index contributed by atoms with van der Waals surface area (Å²) in [5, 5.41) is 0.658. The van der Waals surface area contributed by atoms with E-state index in [1.807, 2.05) is 55.5 Å². The summed E-state index contributed by atoms with van der Waals surface area (Å²) >= 11 is 1.51. The monoisotopic (exact) mass is 373 g/mol. The van der Waals surface area contributed by atoms with Gasteiger partial charge in [0.25, 0.3) is 5.91 Å². The summed E-state index contributed by atoms with van der Waals surface area (Å²) in [5.74, 6) is -0.134. The van der Waals surface area contributed by atoms with E-state index < -0.39 is 0 Å². The Morgan fingerprint density at radius 3 is 2.48 bits per heavy atom. The lowest BCUT2D eigenvalue weighted by molar-refractivity contribution is 0.0999. The van der Waals surface area contributed by atoms with Crippen LogP contribution in [0, 0.1) is 6.92 Å². The first kappa shape index (κ1) is 17.4. The lowest BCUT2D eigenvalue weighted by Gasteiger charge is -2.20. The average molecular weight is 373 g/mol. The minimum absolute atomic E-state index is 0.134. The molecule has 4 nitrogen and oxygen atoms in total. The van der Waals surface area contributed by atoms with E-state index in [1.54, 1.807) is 11.1 Å². The SMILES string of the molecule is CCc1ccc(N(C(=O)c2ccc(C)nc2)c2nc3ccccc3s2)cc1. The smallest absolute Gasteiger partial charge is 0.266 e. The third-order valence-electron chi connectivity index (χ3n) is 4.44. The van der Waals surface area contributed by atoms with Gasteiger partial charge in [0.2, 0.25) is 0 Å². The summed E-state index contributed by atoms with van der Waals surface area (Å²) in [6.45, 7) is 4.02. The summed E-state index contributed by atoms with van der Waals surface area (Å²) in [5.41, 5.74) is 4.34. The molecular weight excluding hydrogens is 354 g/mol. The van der Waals surface area contributed by atoms with Crippen LogP contribution < -0.4 is 4.90 Å². The zero-order valence-corrected chi connectivity index (χ0v) is 16.0. The van der Waals surface area contributed by atoms with Crippen molar-refractivity contribution in [1.82, 2.24) is 9.97 Å². The number of aromatic nitrogens is 2. The predicted molar refractivity (Wildman–Crippen MR) is 111 cm³/mol. The van der Waals surface area contributed by atoms with E-state index in [0.29, 0.717) is 10.7 Å². The number of hydrogen-bond acceptors (Lipinski definition) is 4. The standard InChI is InChI=1S/C22H19N3OS/c1-3-16-9-12-18(13-10-16)25(21(26)17-11-8-15(2)23-14-17)22-24-19-6-4-5-7-20(19)27-22/h4-14H,3H2,1-2H3. The van der Waals surface area contributed by atoms with Crippen LogP contribution in [0.3, 0.4) is 0 Å². The largest absolute Gasteiger partial charge is 0.268 e. The molecule has 134 valence electrons. The molecule has 0 atom stereocenters. The van der Waals surface area contributed by atoms with E-state index in [2.05, 4.69) is 24.0 Å². The van der Waals surface area contributed by atoms with Crippen molar-refractivity contribution in [1.29, 1.82) is 0 Å². The molecule has 0 spiro atoms. The third-order valence-corrected chi connectivity index (χ3v) is 5.46. The molecule has 1 amide bonds. The molecule has 2 aromatic carbocycles. The fourth-order valence-electron chi connectivity index (χ4n) is 2.87. The summed E-state index contributed by atoms with van der Waals surface area (Å²) in [6, 6.07) is 19.6. The number of hydrogen-bond donors (Lipinski definition) is 0. The molecule has 4 aromatic rings. The number of thiazole rings is 1. The van der Waals surface area contributed by atoms with E-state index in [-0.39, 0.29) is 5.91 Å². The molecule has 0 radical (unpaired) electrons. The van der Waals surface area contributed by atoms with E-state index in [4.69, 9.17) is 4.98 Å². The number of fused-ring (bicyclic) bond motifs is 1. The maximum Gasteiger partial charge on any atom is 0.266 e. The van der Waals surface area contributed by atoms with Gasteiger partial charge in [0.05, 0.1) is 21.5 Å². The quantitative estimate of drug-likeness (QED) is 0.472. The van der Waals surface area contributed by atoms with Gasteiger partial charge in [0, 0.05) is 11.9 Å². The maximum atomic E-state index is 13.3. The molecule has 27 heavy (non-hydrogen) atoms. The van der Waals surface area contributed by atoms with E-state index in [9.17, 15) is 4.79 Å². The second-order valence-electron chi connectivity index (χ2n) is 6.31. The Balaban J connectivity index is 1.82. The molecule has 2 heterocycles. The van der Waals surface area contributed by atoms with Gasteiger partial charge in [0.15, 0.2) is 5.13 Å². The van der Waals surface area contributed by atoms with Gasteiger partial charge in [-0.1, -0.05) is 42.5 Å². The van der Waals surface area contributed by atoms with Gasteiger partial charge in [-0.05, 0) is 55.3 Å². The first-order valence-corrected chi connectivity index (χ1v) is 9.69. The number of carbonyl (C=O) groups excluding carboxylic acids is 1. The molecule has 0 bridgehead atoms. The third kappa shape index (κ3) is 3.46. The van der Waals surface area contributed by atoms with Crippen molar-refractivity contribution in [2.45, 2.75) is 20.3 Å². The zero-order chi connectivity index (χ0) is 18.8. The molecule has 0 saturated carbocycles. The first-order valence-electron chi connectivity index (χ1n) is 8.87. The fourth-order valence-corrected chi connectivity index (χ4v) is 3.86. The van der Waals surface area contributed by atoms with Crippen molar-refractivity contribution in [2.75, 3.05) is 4.90 Å². The Bertz CT molecular complexity index is 1050. The highest BCUT2D eigenvalue weighted by Gasteiger charge is 2.23. The predicted octanol–water partition coefficient (Wildman–Crippen LogP) is 5.54. The Morgan fingerprint density at radius 1 is 1.04 bits per heavy atom. The molecule has 0 fully saturated rings. The number of pyridine rings is 1. The normalized spacial score (nSPS) is 10.9. The summed E-state index contributed by atoms with van der Waals surface area (Å²) in [7, 11) is 0. The molecule has 0 unspecified atom stereocenters. The summed E-state index contributed by atoms with van der Waals surface area (Å²) in [6.07, 6.45) is 2.58. The molecule has 5 heteroatoms. The van der Waals surface area contributed by atoms with E-state index in [0.717, 1.165) is 28.0 Å². The number of rotatable bonds is 4. The average Bonchev–Trinajstić information content (AvgIpc) is 3.12. The minimum atomic E-state index is -0.134. The van der Waals surface area contributed by atoms with Crippen molar-refractivity contribution in [2.24, 2.45) is 0 Å².